The van der Waals surface area contributed by atoms with Gasteiger partial charge in [-0.15, -0.1) is 11.3 Å². The number of thiazole rings is 1. The molecule has 3 aromatic rings. The van der Waals surface area contributed by atoms with Gasteiger partial charge >= 0.3 is 0 Å². The van der Waals surface area contributed by atoms with Gasteiger partial charge in [0.2, 0.25) is 11.8 Å². The minimum absolute atomic E-state index is 0.0728. The molecule has 1 aromatic heterocycles. The second-order valence-corrected chi connectivity index (χ2v) is 7.60. The van der Waals surface area contributed by atoms with E-state index in [1.54, 1.807) is 22.4 Å². The van der Waals surface area contributed by atoms with Crippen LogP contribution in [0.2, 0.25) is 0 Å². The molecule has 1 N–H and O–H groups in total. The Morgan fingerprint density at radius 3 is 2.76 bits per heavy atom. The predicted molar refractivity (Wildman–Crippen MR) is 114 cm³/mol. The van der Waals surface area contributed by atoms with Crippen molar-refractivity contribution in [3.8, 4) is 16.3 Å². The van der Waals surface area contributed by atoms with Gasteiger partial charge < -0.3 is 15.0 Å². The number of amides is 2. The van der Waals surface area contributed by atoms with Crippen LogP contribution >= 0.6 is 11.3 Å². The molecule has 0 saturated carbocycles. The van der Waals surface area contributed by atoms with Gasteiger partial charge in [0.05, 0.1) is 18.2 Å². The molecular weight excluding hydrogens is 386 g/mol. The van der Waals surface area contributed by atoms with Crippen LogP contribution in [0.5, 0.6) is 5.75 Å². The molecule has 6 nitrogen and oxygen atoms in total. The van der Waals surface area contributed by atoms with Crippen LogP contribution in [0.25, 0.3) is 10.6 Å². The topological polar surface area (TPSA) is 71.5 Å². The van der Waals surface area contributed by atoms with E-state index in [0.717, 1.165) is 10.6 Å². The fourth-order valence-electron chi connectivity index (χ4n) is 3.38. The van der Waals surface area contributed by atoms with E-state index < -0.39 is 5.92 Å². The molecule has 0 bridgehead atoms. The van der Waals surface area contributed by atoms with Crippen LogP contribution in [0.3, 0.4) is 0 Å². The molecule has 7 heteroatoms. The van der Waals surface area contributed by atoms with E-state index in [0.29, 0.717) is 30.3 Å². The van der Waals surface area contributed by atoms with Crippen LogP contribution in [0.4, 0.5) is 11.4 Å². The van der Waals surface area contributed by atoms with Crippen molar-refractivity contribution in [1.29, 1.82) is 0 Å². The molecular formula is C22H21N3O3S. The summed E-state index contributed by atoms with van der Waals surface area (Å²) in [6.07, 6.45) is 1.95. The number of hydrogen-bond donors (Lipinski definition) is 1. The molecule has 29 heavy (non-hydrogen) atoms. The van der Waals surface area contributed by atoms with Crippen molar-refractivity contribution in [2.45, 2.75) is 13.3 Å². The maximum Gasteiger partial charge on any atom is 0.229 e. The summed E-state index contributed by atoms with van der Waals surface area (Å²) in [5.74, 6) is 0.0196. The minimum Gasteiger partial charge on any atom is -0.492 e. The van der Waals surface area contributed by atoms with E-state index in [-0.39, 0.29) is 18.2 Å². The molecule has 148 valence electrons. The number of nitrogens with zero attached hydrogens (tertiary/aromatic N) is 2. The Balaban J connectivity index is 1.43. The summed E-state index contributed by atoms with van der Waals surface area (Å²) in [7, 11) is 0. The fraction of sp³-hybridized carbons (Fsp3) is 0.227. The highest BCUT2D eigenvalue weighted by Gasteiger charge is 2.36. The summed E-state index contributed by atoms with van der Waals surface area (Å²) in [5, 5.41) is 5.79. The van der Waals surface area contributed by atoms with E-state index in [1.165, 1.54) is 0 Å². The third-order valence-corrected chi connectivity index (χ3v) is 5.61. The minimum atomic E-state index is -0.407. The Kier molecular flexibility index (Phi) is 5.57. The number of carbonyl (C=O) groups is 2. The highest BCUT2D eigenvalue weighted by atomic mass is 32.1. The number of aromatic nitrogens is 1. The van der Waals surface area contributed by atoms with Gasteiger partial charge in [-0.1, -0.05) is 12.1 Å². The second-order valence-electron chi connectivity index (χ2n) is 6.71. The lowest BCUT2D eigenvalue weighted by Crippen LogP contribution is -2.28. The quantitative estimate of drug-likeness (QED) is 0.665. The smallest absolute Gasteiger partial charge is 0.229 e. The largest absolute Gasteiger partial charge is 0.492 e. The fourth-order valence-corrected chi connectivity index (χ4v) is 4.02. The first-order chi connectivity index (χ1) is 14.2. The third kappa shape index (κ3) is 4.14. The molecule has 1 aliphatic heterocycles. The number of nitrogens with one attached hydrogen (secondary N) is 1. The second kappa shape index (κ2) is 8.45. The number of rotatable bonds is 6. The molecule has 2 aromatic carbocycles. The molecule has 1 saturated heterocycles. The van der Waals surface area contributed by atoms with Gasteiger partial charge in [0, 0.05) is 35.8 Å². The summed E-state index contributed by atoms with van der Waals surface area (Å²) in [5.41, 5.74) is 2.42. The first kappa shape index (κ1) is 19.1. The SMILES string of the molecule is CCOc1ccccc1N1C[C@@H](C(=O)Nc2ccc(-c3nccs3)cc2)CC1=O. The molecule has 0 aliphatic carbocycles. The van der Waals surface area contributed by atoms with Crippen molar-refractivity contribution < 1.29 is 14.3 Å². The Morgan fingerprint density at radius 2 is 2.03 bits per heavy atom. The molecule has 1 aliphatic rings. The van der Waals surface area contributed by atoms with E-state index in [9.17, 15) is 9.59 Å². The van der Waals surface area contributed by atoms with Crippen molar-refractivity contribution >= 4 is 34.5 Å². The maximum atomic E-state index is 12.7. The summed E-state index contributed by atoms with van der Waals surface area (Å²) in [4.78, 5) is 31.2. The van der Waals surface area contributed by atoms with Crippen molar-refractivity contribution in [3.63, 3.8) is 0 Å². The average molecular weight is 407 g/mol. The van der Waals surface area contributed by atoms with E-state index in [4.69, 9.17) is 4.74 Å². The van der Waals surface area contributed by atoms with E-state index >= 15 is 0 Å². The molecule has 4 rings (SSSR count). The van der Waals surface area contributed by atoms with Crippen molar-refractivity contribution in [2.75, 3.05) is 23.4 Å². The summed E-state index contributed by atoms with van der Waals surface area (Å²) in [6, 6.07) is 15.0. The van der Waals surface area contributed by atoms with Crippen molar-refractivity contribution in [3.05, 3.63) is 60.1 Å². The third-order valence-electron chi connectivity index (χ3n) is 4.78. The van der Waals surface area contributed by atoms with Gasteiger partial charge in [0.15, 0.2) is 0 Å². The van der Waals surface area contributed by atoms with Crippen LogP contribution in [-0.2, 0) is 9.59 Å². The van der Waals surface area contributed by atoms with Crippen molar-refractivity contribution in [2.24, 2.45) is 5.92 Å². The zero-order valence-electron chi connectivity index (χ0n) is 16.0. The van der Waals surface area contributed by atoms with E-state index in [2.05, 4.69) is 10.3 Å². The van der Waals surface area contributed by atoms with Crippen LogP contribution < -0.4 is 15.0 Å². The lowest BCUT2D eigenvalue weighted by atomic mass is 10.1. The first-order valence-corrected chi connectivity index (χ1v) is 10.4. The van der Waals surface area contributed by atoms with Crippen LogP contribution in [0.15, 0.2) is 60.1 Å². The highest BCUT2D eigenvalue weighted by Crippen LogP contribution is 2.33. The molecule has 0 radical (unpaired) electrons. The average Bonchev–Trinajstić information content (AvgIpc) is 3.39. The molecule has 1 fully saturated rings. The molecule has 1 atom stereocenters. The van der Waals surface area contributed by atoms with Gasteiger partial charge in [0.1, 0.15) is 10.8 Å². The molecule has 2 amide bonds. The number of benzene rings is 2. The van der Waals surface area contributed by atoms with Crippen LogP contribution in [0, 0.1) is 5.92 Å². The van der Waals surface area contributed by atoms with Gasteiger partial charge in [-0.2, -0.15) is 0 Å². The first-order valence-electron chi connectivity index (χ1n) is 9.48. The highest BCUT2D eigenvalue weighted by molar-refractivity contribution is 7.13. The summed E-state index contributed by atoms with van der Waals surface area (Å²) < 4.78 is 5.63. The van der Waals surface area contributed by atoms with Crippen LogP contribution in [-0.4, -0.2) is 29.9 Å². The lowest BCUT2D eigenvalue weighted by Gasteiger charge is -2.20. The molecule has 2 heterocycles. The van der Waals surface area contributed by atoms with Crippen LogP contribution in [0.1, 0.15) is 13.3 Å². The lowest BCUT2D eigenvalue weighted by molar-refractivity contribution is -0.122. The number of anilines is 2. The predicted octanol–water partition coefficient (Wildman–Crippen LogP) is 4.20. The van der Waals surface area contributed by atoms with Gasteiger partial charge in [0.25, 0.3) is 0 Å². The Bertz CT molecular complexity index is 1000. The number of hydrogen-bond acceptors (Lipinski definition) is 5. The summed E-state index contributed by atoms with van der Waals surface area (Å²) >= 11 is 1.57. The Hall–Kier alpha value is -3.19. The number of ether oxygens (including phenoxy) is 1. The van der Waals surface area contributed by atoms with E-state index in [1.807, 2.05) is 60.8 Å². The zero-order chi connectivity index (χ0) is 20.2. The molecule has 0 unspecified atom stereocenters. The Labute approximate surface area is 173 Å². The molecule has 0 spiro atoms. The van der Waals surface area contributed by atoms with Gasteiger partial charge in [-0.25, -0.2) is 4.98 Å². The number of carbonyl (C=O) groups excluding carboxylic acids is 2. The van der Waals surface area contributed by atoms with Gasteiger partial charge in [-0.05, 0) is 43.3 Å². The van der Waals surface area contributed by atoms with Gasteiger partial charge in [-0.3, -0.25) is 9.59 Å². The Morgan fingerprint density at radius 1 is 1.24 bits per heavy atom. The monoisotopic (exact) mass is 407 g/mol. The zero-order valence-corrected chi connectivity index (χ0v) is 16.8. The summed E-state index contributed by atoms with van der Waals surface area (Å²) in [6.45, 7) is 2.75. The van der Waals surface area contributed by atoms with Crippen molar-refractivity contribution in [1.82, 2.24) is 4.98 Å². The normalized spacial score (nSPS) is 16.1. The maximum absolute atomic E-state index is 12.7. The number of para-hydroxylation sites is 2. The standard InChI is InChI=1S/C22H21N3O3S/c1-2-28-19-6-4-3-5-18(19)25-14-16(13-20(25)26)21(27)24-17-9-7-15(8-10-17)22-23-11-12-29-22/h3-12,16H,2,13-14H2,1H3,(H,24,27)/t16-/m0/s1.